The van der Waals surface area contributed by atoms with E-state index in [0.717, 1.165) is 19.3 Å². The molecule has 0 aromatic carbocycles. The largest absolute Gasteiger partial charge is 0.310 e. The van der Waals surface area contributed by atoms with E-state index in [9.17, 15) is 4.79 Å². The van der Waals surface area contributed by atoms with Crippen molar-refractivity contribution in [2.75, 3.05) is 0 Å². The fraction of sp³-hybridized carbons (Fsp3) is 0.667. The van der Waals surface area contributed by atoms with Gasteiger partial charge in [-0.2, -0.15) is 0 Å². The second-order valence-electron chi connectivity index (χ2n) is 2.87. The van der Waals surface area contributed by atoms with E-state index >= 15 is 0 Å². The van der Waals surface area contributed by atoms with E-state index < -0.39 is 0 Å². The van der Waals surface area contributed by atoms with Gasteiger partial charge >= 0.3 is 0 Å². The van der Waals surface area contributed by atoms with Crippen LogP contribution in [0.3, 0.4) is 0 Å². The van der Waals surface area contributed by atoms with Crippen LogP contribution in [-0.2, 0) is 4.79 Å². The van der Waals surface area contributed by atoms with Crippen molar-refractivity contribution in [3.05, 3.63) is 13.1 Å². The molecule has 0 fully saturated rings. The Morgan fingerprint density at radius 2 is 2.08 bits per heavy atom. The molecule has 0 aliphatic carbocycles. The topological polar surface area (TPSA) is 69.1 Å². The fourth-order valence-electron chi connectivity index (χ4n) is 1.11. The molecular formula is C9H18N2O. The zero-order valence-corrected chi connectivity index (χ0v) is 7.68. The molecule has 2 radical (unpaired) electrons. The number of rotatable bonds is 6. The zero-order valence-electron chi connectivity index (χ0n) is 7.68. The maximum Gasteiger partial charge on any atom is 0.139 e. The molecule has 3 heteroatoms. The van der Waals surface area contributed by atoms with Gasteiger partial charge in [0.2, 0.25) is 0 Å². The lowest BCUT2D eigenvalue weighted by Gasteiger charge is -2.16. The molecule has 1 atom stereocenters. The predicted molar refractivity (Wildman–Crippen MR) is 49.6 cm³/mol. The SMILES string of the molecule is [CH2]CCCC([C](N)N)C(=O)CC. The van der Waals surface area contributed by atoms with Gasteiger partial charge in [0, 0.05) is 6.42 Å². The van der Waals surface area contributed by atoms with E-state index in [1.165, 1.54) is 0 Å². The Morgan fingerprint density at radius 3 is 2.42 bits per heavy atom. The Balaban J connectivity index is 3.95. The van der Waals surface area contributed by atoms with Crippen LogP contribution < -0.4 is 11.5 Å². The van der Waals surface area contributed by atoms with Gasteiger partial charge in [0.25, 0.3) is 0 Å². The Hall–Kier alpha value is -0.410. The number of Topliss-reactive ketones (excluding diaryl/α,β-unsaturated/α-hetero) is 1. The average Bonchev–Trinajstić information content (AvgIpc) is 2.04. The Morgan fingerprint density at radius 1 is 1.50 bits per heavy atom. The van der Waals surface area contributed by atoms with Crippen molar-refractivity contribution in [1.29, 1.82) is 0 Å². The van der Waals surface area contributed by atoms with Crippen LogP contribution in [0.25, 0.3) is 0 Å². The van der Waals surface area contributed by atoms with Gasteiger partial charge in [-0.25, -0.2) is 0 Å². The van der Waals surface area contributed by atoms with E-state index in [4.69, 9.17) is 11.5 Å². The van der Waals surface area contributed by atoms with Crippen molar-refractivity contribution in [2.45, 2.75) is 32.6 Å². The molecule has 12 heavy (non-hydrogen) atoms. The summed E-state index contributed by atoms with van der Waals surface area (Å²) in [7, 11) is 0. The molecule has 3 nitrogen and oxygen atoms in total. The van der Waals surface area contributed by atoms with Gasteiger partial charge < -0.3 is 11.5 Å². The molecule has 4 N–H and O–H groups in total. The van der Waals surface area contributed by atoms with E-state index in [-0.39, 0.29) is 17.9 Å². The van der Waals surface area contributed by atoms with Crippen LogP contribution >= 0.6 is 0 Å². The minimum Gasteiger partial charge on any atom is -0.310 e. The molecule has 0 heterocycles. The molecule has 70 valence electrons. The monoisotopic (exact) mass is 170 g/mol. The number of nitrogens with two attached hydrogens (primary N) is 2. The minimum atomic E-state index is -0.253. The highest BCUT2D eigenvalue weighted by atomic mass is 16.1. The van der Waals surface area contributed by atoms with E-state index in [1.54, 1.807) is 0 Å². The first kappa shape index (κ1) is 11.6. The zero-order chi connectivity index (χ0) is 9.56. The molecule has 0 rings (SSSR count). The van der Waals surface area contributed by atoms with Crippen LogP contribution in [0, 0.1) is 19.0 Å². The molecule has 0 spiro atoms. The summed E-state index contributed by atoms with van der Waals surface area (Å²) in [6.07, 6.45) is 3.20. The fourth-order valence-corrected chi connectivity index (χ4v) is 1.11. The standard InChI is InChI=1S/C9H18N2O/c1-3-5-6-7(9(10)11)8(12)4-2/h7H,1,3-6,10-11H2,2H3. The van der Waals surface area contributed by atoms with Crippen molar-refractivity contribution in [3.63, 3.8) is 0 Å². The number of hydrogen-bond donors (Lipinski definition) is 2. The summed E-state index contributed by atoms with van der Waals surface area (Å²) >= 11 is 0. The molecule has 0 aromatic rings. The lowest BCUT2D eigenvalue weighted by atomic mass is 9.93. The first-order valence-corrected chi connectivity index (χ1v) is 4.33. The summed E-state index contributed by atoms with van der Waals surface area (Å²) in [5, 5.41) is 0. The highest BCUT2D eigenvalue weighted by Crippen LogP contribution is 2.15. The van der Waals surface area contributed by atoms with Crippen LogP contribution in [0.4, 0.5) is 0 Å². The van der Waals surface area contributed by atoms with Crippen molar-refractivity contribution >= 4 is 5.78 Å². The first-order valence-electron chi connectivity index (χ1n) is 4.33. The van der Waals surface area contributed by atoms with Crippen molar-refractivity contribution < 1.29 is 4.79 Å². The van der Waals surface area contributed by atoms with Gasteiger partial charge in [0.1, 0.15) is 11.9 Å². The third-order valence-corrected chi connectivity index (χ3v) is 1.88. The Kier molecular flexibility index (Phi) is 5.93. The molecule has 0 aromatic heterocycles. The van der Waals surface area contributed by atoms with Gasteiger partial charge in [-0.3, -0.25) is 4.79 Å². The molecule has 0 amide bonds. The van der Waals surface area contributed by atoms with Gasteiger partial charge in [-0.1, -0.05) is 26.7 Å². The van der Waals surface area contributed by atoms with Crippen LogP contribution in [0.15, 0.2) is 0 Å². The van der Waals surface area contributed by atoms with Gasteiger partial charge in [-0.15, -0.1) is 0 Å². The number of hydrogen-bond acceptors (Lipinski definition) is 3. The normalized spacial score (nSPS) is 13.4. The van der Waals surface area contributed by atoms with Gasteiger partial charge in [0.15, 0.2) is 0 Å². The summed E-state index contributed by atoms with van der Waals surface area (Å²) in [6.45, 7) is 5.52. The number of unbranched alkanes of at least 4 members (excludes halogenated alkanes) is 1. The van der Waals surface area contributed by atoms with Gasteiger partial charge in [-0.05, 0) is 6.42 Å². The predicted octanol–water partition coefficient (Wildman–Crippen LogP) is 0.993. The van der Waals surface area contributed by atoms with Crippen LogP contribution in [0.1, 0.15) is 32.6 Å². The van der Waals surface area contributed by atoms with E-state index in [2.05, 4.69) is 6.92 Å². The highest BCUT2D eigenvalue weighted by molar-refractivity contribution is 5.82. The molecule has 0 aliphatic heterocycles. The summed E-state index contributed by atoms with van der Waals surface area (Å²) in [4.78, 5) is 11.3. The average molecular weight is 170 g/mol. The third-order valence-electron chi connectivity index (χ3n) is 1.88. The third kappa shape index (κ3) is 3.83. The Labute approximate surface area is 74.5 Å². The first-order chi connectivity index (χ1) is 5.63. The number of carbonyl (C=O) groups is 1. The summed E-state index contributed by atoms with van der Waals surface area (Å²) in [5.41, 5.74) is 10.8. The Bertz CT molecular complexity index is 134. The van der Waals surface area contributed by atoms with Crippen LogP contribution in [-0.4, -0.2) is 5.78 Å². The van der Waals surface area contributed by atoms with Crippen molar-refractivity contribution in [3.8, 4) is 0 Å². The maximum absolute atomic E-state index is 11.3. The van der Waals surface area contributed by atoms with Crippen LogP contribution in [0.2, 0.25) is 0 Å². The summed E-state index contributed by atoms with van der Waals surface area (Å²) < 4.78 is 0. The molecule has 0 saturated heterocycles. The summed E-state index contributed by atoms with van der Waals surface area (Å²) in [5.74, 6) is -0.125. The molecule has 1 unspecified atom stereocenters. The number of carbonyl (C=O) groups excluding carboxylic acids is 1. The van der Waals surface area contributed by atoms with E-state index in [0.29, 0.717) is 6.42 Å². The second kappa shape index (κ2) is 6.14. The molecular weight excluding hydrogens is 152 g/mol. The maximum atomic E-state index is 11.3. The minimum absolute atomic E-state index is 0.128. The molecule has 0 aliphatic rings. The van der Waals surface area contributed by atoms with Gasteiger partial charge in [0.05, 0.1) is 5.92 Å². The molecule has 0 saturated carbocycles. The summed E-state index contributed by atoms with van der Waals surface area (Å²) in [6, 6.07) is 0. The van der Waals surface area contributed by atoms with Crippen LogP contribution in [0.5, 0.6) is 0 Å². The smallest absolute Gasteiger partial charge is 0.139 e. The molecule has 0 bridgehead atoms. The van der Waals surface area contributed by atoms with Crippen molar-refractivity contribution in [1.82, 2.24) is 0 Å². The lowest BCUT2D eigenvalue weighted by Crippen LogP contribution is -2.34. The van der Waals surface area contributed by atoms with E-state index in [1.807, 2.05) is 6.92 Å². The lowest BCUT2D eigenvalue weighted by molar-refractivity contribution is -0.122. The number of ketones is 1. The quantitative estimate of drug-likeness (QED) is 0.624. The second-order valence-corrected chi connectivity index (χ2v) is 2.87. The highest BCUT2D eigenvalue weighted by Gasteiger charge is 2.21. The van der Waals surface area contributed by atoms with Crippen molar-refractivity contribution in [2.24, 2.45) is 17.4 Å².